The number of hydrogen-bond acceptors (Lipinski definition) is 0. The summed E-state index contributed by atoms with van der Waals surface area (Å²) in [5.74, 6) is 0. The van der Waals surface area contributed by atoms with E-state index in [1.54, 1.807) is 0 Å². The molecule has 0 saturated heterocycles. The summed E-state index contributed by atoms with van der Waals surface area (Å²) in [5, 5.41) is 0. The SMILES string of the molecule is [O-2].[O-2].[Si].[Ti+4]. The molecule has 0 amide bonds. The number of rotatable bonds is 0. The zero-order chi connectivity index (χ0) is 0. The molecule has 0 aliphatic rings. The molecule has 0 aliphatic carbocycles. The molecule has 20 valence electrons. The minimum Gasteiger partial charge on any atom is -2.00 e. The van der Waals surface area contributed by atoms with Crippen LogP contribution in [0.4, 0.5) is 0 Å². The summed E-state index contributed by atoms with van der Waals surface area (Å²) >= 11 is 0. The van der Waals surface area contributed by atoms with E-state index in [0.717, 1.165) is 0 Å². The Balaban J connectivity index is 0. The fraction of sp³-hybridized carbons (Fsp3) is 0. The van der Waals surface area contributed by atoms with E-state index in [-0.39, 0.29) is 43.6 Å². The first-order valence-corrected chi connectivity index (χ1v) is 0. The van der Waals surface area contributed by atoms with Crippen molar-refractivity contribution >= 4 is 11.0 Å². The Kier molecular flexibility index (Phi) is 1070. The molecule has 0 N–H and O–H groups in total. The molecule has 0 saturated carbocycles. The van der Waals surface area contributed by atoms with E-state index < -0.39 is 0 Å². The smallest absolute Gasteiger partial charge is 2.00 e. The van der Waals surface area contributed by atoms with Gasteiger partial charge in [-0.2, -0.15) is 0 Å². The molecule has 0 aliphatic heterocycles. The van der Waals surface area contributed by atoms with Crippen molar-refractivity contribution in [3.05, 3.63) is 0 Å². The summed E-state index contributed by atoms with van der Waals surface area (Å²) in [7, 11) is 0. The van der Waals surface area contributed by atoms with E-state index in [0.29, 0.717) is 0 Å². The topological polar surface area (TPSA) is 57.0 Å². The molecule has 0 bridgehead atoms. The maximum atomic E-state index is 0. The van der Waals surface area contributed by atoms with Crippen molar-refractivity contribution in [3.63, 3.8) is 0 Å². The molecule has 0 spiro atoms. The monoisotopic (exact) mass is 108 g/mol. The quantitative estimate of drug-likeness (QED) is 0.371. The zero-order valence-corrected chi connectivity index (χ0v) is 4.38. The summed E-state index contributed by atoms with van der Waals surface area (Å²) in [6.07, 6.45) is 0. The molecule has 0 atom stereocenters. The van der Waals surface area contributed by atoms with Crippen molar-refractivity contribution in [2.24, 2.45) is 0 Å². The fourth-order valence-electron chi connectivity index (χ4n) is 0. The van der Waals surface area contributed by atoms with Crippen LogP contribution in [0.5, 0.6) is 0 Å². The Morgan fingerprint density at radius 1 is 0.750 bits per heavy atom. The first-order valence-electron chi connectivity index (χ1n) is 0. The minimum absolute atomic E-state index is 0. The van der Waals surface area contributed by atoms with Crippen LogP contribution >= 0.6 is 0 Å². The first-order chi connectivity index (χ1) is 0. The molecular formula is O2SiTi. The molecule has 4 heteroatoms. The van der Waals surface area contributed by atoms with Crippen LogP contribution in [-0.2, 0) is 32.7 Å². The summed E-state index contributed by atoms with van der Waals surface area (Å²) < 4.78 is 0. The zero-order valence-electron chi connectivity index (χ0n) is 1.82. The van der Waals surface area contributed by atoms with Crippen LogP contribution in [0.3, 0.4) is 0 Å². The van der Waals surface area contributed by atoms with E-state index in [4.69, 9.17) is 0 Å². The van der Waals surface area contributed by atoms with Gasteiger partial charge in [0, 0.05) is 11.0 Å². The number of hydrogen-bond donors (Lipinski definition) is 0. The molecule has 0 rings (SSSR count). The Hall–Kier alpha value is 0.851. The van der Waals surface area contributed by atoms with Crippen LogP contribution in [0.1, 0.15) is 0 Å². The van der Waals surface area contributed by atoms with Gasteiger partial charge in [0.05, 0.1) is 0 Å². The molecule has 0 aromatic carbocycles. The first kappa shape index (κ1) is 99.3. The van der Waals surface area contributed by atoms with Gasteiger partial charge in [-0.1, -0.05) is 0 Å². The average Bonchev–Trinajstić information content (AvgIpc) is 0. The summed E-state index contributed by atoms with van der Waals surface area (Å²) in [6.45, 7) is 0. The van der Waals surface area contributed by atoms with Crippen molar-refractivity contribution in [1.82, 2.24) is 0 Å². The van der Waals surface area contributed by atoms with Crippen LogP contribution in [0.2, 0.25) is 0 Å². The maximum absolute atomic E-state index is 0. The average molecular weight is 108 g/mol. The Bertz CT molecular complexity index is 6.00. The molecule has 4 radical (unpaired) electrons. The van der Waals surface area contributed by atoms with E-state index >= 15 is 0 Å². The van der Waals surface area contributed by atoms with Crippen molar-refractivity contribution in [2.75, 3.05) is 0 Å². The van der Waals surface area contributed by atoms with Crippen molar-refractivity contribution in [2.45, 2.75) is 0 Å². The maximum Gasteiger partial charge on any atom is 4.00 e. The Morgan fingerprint density at radius 3 is 0.750 bits per heavy atom. The van der Waals surface area contributed by atoms with Gasteiger partial charge in [0.1, 0.15) is 0 Å². The van der Waals surface area contributed by atoms with Gasteiger partial charge in [0.2, 0.25) is 0 Å². The van der Waals surface area contributed by atoms with Crippen molar-refractivity contribution in [3.8, 4) is 0 Å². The van der Waals surface area contributed by atoms with E-state index in [1.165, 1.54) is 0 Å². The third-order valence-electron chi connectivity index (χ3n) is 0. The fourth-order valence-corrected chi connectivity index (χ4v) is 0. The van der Waals surface area contributed by atoms with Crippen LogP contribution < -0.4 is 0 Å². The van der Waals surface area contributed by atoms with Crippen molar-refractivity contribution < 1.29 is 32.7 Å². The molecule has 0 aromatic rings. The van der Waals surface area contributed by atoms with Crippen LogP contribution in [0.25, 0.3) is 0 Å². The van der Waals surface area contributed by atoms with Gasteiger partial charge in [-0.25, -0.2) is 0 Å². The van der Waals surface area contributed by atoms with Gasteiger partial charge in [-0.05, 0) is 0 Å². The minimum atomic E-state index is 0. The molecule has 0 aromatic heterocycles. The van der Waals surface area contributed by atoms with Crippen LogP contribution in [-0.4, -0.2) is 11.0 Å². The standard InChI is InChI=1S/2O.Si.Ti/q2*-2;;+4. The van der Waals surface area contributed by atoms with Gasteiger partial charge in [-0.3, -0.25) is 0 Å². The van der Waals surface area contributed by atoms with Crippen LogP contribution in [0, 0.1) is 0 Å². The van der Waals surface area contributed by atoms with E-state index in [9.17, 15) is 0 Å². The van der Waals surface area contributed by atoms with E-state index in [2.05, 4.69) is 0 Å². The molecule has 4 heavy (non-hydrogen) atoms. The van der Waals surface area contributed by atoms with E-state index in [1.807, 2.05) is 0 Å². The molecule has 0 unspecified atom stereocenters. The normalized spacial score (nSPS) is 0. The molecule has 0 fully saturated rings. The summed E-state index contributed by atoms with van der Waals surface area (Å²) in [6, 6.07) is 0. The summed E-state index contributed by atoms with van der Waals surface area (Å²) in [4.78, 5) is 0. The van der Waals surface area contributed by atoms with Gasteiger partial charge in [0.15, 0.2) is 0 Å². The molecular weight excluding hydrogens is 108 g/mol. The predicted octanol–water partition coefficient (Wildman–Crippen LogP) is -0.621. The second-order valence-electron chi connectivity index (χ2n) is 0. The Labute approximate surface area is 44.1 Å². The van der Waals surface area contributed by atoms with Crippen molar-refractivity contribution in [1.29, 1.82) is 0 Å². The largest absolute Gasteiger partial charge is 4.00 e. The van der Waals surface area contributed by atoms with Gasteiger partial charge in [0.25, 0.3) is 0 Å². The third kappa shape index (κ3) is 13.5. The third-order valence-corrected chi connectivity index (χ3v) is 0. The summed E-state index contributed by atoms with van der Waals surface area (Å²) in [5.41, 5.74) is 0. The second kappa shape index (κ2) is 43.2. The van der Waals surface area contributed by atoms with Gasteiger partial charge >= 0.3 is 21.7 Å². The molecule has 2 nitrogen and oxygen atoms in total. The Morgan fingerprint density at radius 2 is 0.750 bits per heavy atom. The van der Waals surface area contributed by atoms with Gasteiger partial charge < -0.3 is 11.0 Å². The second-order valence-corrected chi connectivity index (χ2v) is 0. The van der Waals surface area contributed by atoms with Crippen LogP contribution in [0.15, 0.2) is 0 Å². The van der Waals surface area contributed by atoms with Gasteiger partial charge in [-0.15, -0.1) is 0 Å². The molecule has 0 heterocycles. The predicted molar refractivity (Wildman–Crippen MR) is 7.13 cm³/mol.